The molecule has 2 aromatic carbocycles. The first-order valence-corrected chi connectivity index (χ1v) is 12.4. The highest BCUT2D eigenvalue weighted by Crippen LogP contribution is 2.57. The molecule has 0 N–H and O–H groups in total. The van der Waals surface area contributed by atoms with Crippen molar-refractivity contribution >= 4 is 17.5 Å². The van der Waals surface area contributed by atoms with E-state index in [0.29, 0.717) is 19.4 Å². The summed E-state index contributed by atoms with van der Waals surface area (Å²) in [4.78, 5) is 31.1. The Hall–Kier alpha value is -3.99. The molecule has 1 saturated heterocycles. The number of hydrogen-bond donors (Lipinski definition) is 0. The molecule has 3 heterocycles. The molecular formula is C28H30N6O2. The van der Waals surface area contributed by atoms with Crippen LogP contribution in [0.4, 0.5) is 5.69 Å². The molecule has 2 atom stereocenters. The Kier molecular flexibility index (Phi) is 6.09. The van der Waals surface area contributed by atoms with Crippen LogP contribution < -0.4 is 4.90 Å². The van der Waals surface area contributed by atoms with E-state index in [0.717, 1.165) is 34.6 Å². The van der Waals surface area contributed by atoms with E-state index in [2.05, 4.69) is 30.2 Å². The highest BCUT2D eigenvalue weighted by Gasteiger charge is 2.62. The Bertz CT molecular complexity index is 1340. The first-order chi connectivity index (χ1) is 17.4. The summed E-state index contributed by atoms with van der Waals surface area (Å²) < 4.78 is 1.71. The molecule has 0 aliphatic carbocycles. The first-order valence-electron chi connectivity index (χ1n) is 12.4. The number of carbonyl (C=O) groups excluding carboxylic acids is 2. The Labute approximate surface area is 211 Å². The summed E-state index contributed by atoms with van der Waals surface area (Å²) in [5.74, 6) is 0.207. The quantitative estimate of drug-likeness (QED) is 0.475. The number of aromatic nitrogens is 3. The van der Waals surface area contributed by atoms with E-state index >= 15 is 0 Å². The Morgan fingerprint density at radius 3 is 2.67 bits per heavy atom. The van der Waals surface area contributed by atoms with E-state index < -0.39 is 11.5 Å². The minimum absolute atomic E-state index is 0.0225. The van der Waals surface area contributed by atoms with Crippen molar-refractivity contribution in [2.24, 2.45) is 5.92 Å². The van der Waals surface area contributed by atoms with Gasteiger partial charge in [-0.3, -0.25) is 9.59 Å². The molecule has 0 bridgehead atoms. The molecule has 3 aromatic rings. The van der Waals surface area contributed by atoms with Crippen molar-refractivity contribution in [3.05, 3.63) is 71.5 Å². The molecule has 2 amide bonds. The zero-order valence-electron chi connectivity index (χ0n) is 20.9. The Balaban J connectivity index is 1.64. The third kappa shape index (κ3) is 3.76. The van der Waals surface area contributed by atoms with Gasteiger partial charge in [0.2, 0.25) is 11.8 Å². The lowest BCUT2D eigenvalue weighted by Crippen LogP contribution is -2.45. The molecule has 1 spiro atoms. The van der Waals surface area contributed by atoms with Crippen LogP contribution >= 0.6 is 0 Å². The van der Waals surface area contributed by atoms with Crippen molar-refractivity contribution < 1.29 is 9.59 Å². The van der Waals surface area contributed by atoms with Gasteiger partial charge in [0.15, 0.2) is 0 Å². The zero-order chi connectivity index (χ0) is 25.4. The smallest absolute Gasteiger partial charge is 0.240 e. The number of nitrogens with zero attached hydrogens (tertiary/aromatic N) is 6. The van der Waals surface area contributed by atoms with E-state index in [1.54, 1.807) is 16.6 Å². The lowest BCUT2D eigenvalue weighted by Gasteiger charge is -2.33. The monoisotopic (exact) mass is 482 g/mol. The molecule has 1 fully saturated rings. The third-order valence-electron chi connectivity index (χ3n) is 7.25. The van der Waals surface area contributed by atoms with Crippen molar-refractivity contribution in [1.82, 2.24) is 19.9 Å². The highest BCUT2D eigenvalue weighted by atomic mass is 16.2. The number of amides is 2. The molecule has 2 aliphatic rings. The predicted molar refractivity (Wildman–Crippen MR) is 135 cm³/mol. The minimum atomic E-state index is -1.01. The molecule has 184 valence electrons. The molecule has 0 radical (unpaired) electrons. The van der Waals surface area contributed by atoms with Crippen LogP contribution in [0, 0.1) is 17.2 Å². The molecular weight excluding hydrogens is 452 g/mol. The maximum Gasteiger partial charge on any atom is 0.240 e. The van der Waals surface area contributed by atoms with Crippen LogP contribution in [-0.4, -0.2) is 45.3 Å². The fraction of sp³-hybridized carbons (Fsp3) is 0.393. The fourth-order valence-corrected chi connectivity index (χ4v) is 5.67. The Morgan fingerprint density at radius 1 is 1.17 bits per heavy atom. The standard InChI is InChI=1S/C28H30N6O2/c1-19(2)17-33-24-13-12-22(34-18-21(30-31-34)11-7-8-14-29)15-23(24)28(27(33)36)16-25(35)32(3)26(28)20-9-5-4-6-10-20/h4-6,9-10,12-13,15,18-19,26H,7-8,11,16-17H2,1-3H3/t26?,28-/m1/s1. The highest BCUT2D eigenvalue weighted by molar-refractivity contribution is 6.12. The fourth-order valence-electron chi connectivity index (χ4n) is 5.67. The second-order valence-electron chi connectivity index (χ2n) is 10.1. The van der Waals surface area contributed by atoms with Gasteiger partial charge in [-0.2, -0.15) is 5.26 Å². The topological polar surface area (TPSA) is 95.1 Å². The van der Waals surface area contributed by atoms with Crippen LogP contribution in [0.3, 0.4) is 0 Å². The van der Waals surface area contributed by atoms with Crippen molar-refractivity contribution in [2.45, 2.75) is 51.0 Å². The van der Waals surface area contributed by atoms with Crippen LogP contribution in [0.5, 0.6) is 0 Å². The molecule has 5 rings (SSSR count). The second-order valence-corrected chi connectivity index (χ2v) is 10.1. The van der Waals surface area contributed by atoms with Gasteiger partial charge < -0.3 is 9.80 Å². The van der Waals surface area contributed by atoms with E-state index in [9.17, 15) is 9.59 Å². The average molecular weight is 483 g/mol. The number of rotatable bonds is 7. The lowest BCUT2D eigenvalue weighted by atomic mass is 9.72. The molecule has 1 aromatic heterocycles. The number of carbonyl (C=O) groups is 2. The third-order valence-corrected chi connectivity index (χ3v) is 7.25. The summed E-state index contributed by atoms with van der Waals surface area (Å²) in [6.07, 6.45) is 3.88. The number of benzene rings is 2. The molecule has 1 unspecified atom stereocenters. The number of likely N-dealkylation sites (N-methyl/N-ethyl adjacent to an activating group) is 1. The van der Waals surface area contributed by atoms with Gasteiger partial charge in [-0.25, -0.2) is 4.68 Å². The van der Waals surface area contributed by atoms with Gasteiger partial charge in [0, 0.05) is 32.1 Å². The van der Waals surface area contributed by atoms with E-state index in [1.807, 2.05) is 59.6 Å². The molecule has 0 saturated carbocycles. The zero-order valence-corrected chi connectivity index (χ0v) is 20.9. The van der Waals surface area contributed by atoms with Gasteiger partial charge in [0.1, 0.15) is 5.41 Å². The number of hydrogen-bond acceptors (Lipinski definition) is 5. The van der Waals surface area contributed by atoms with Crippen LogP contribution in [0.2, 0.25) is 0 Å². The van der Waals surface area contributed by atoms with E-state index in [1.165, 1.54) is 0 Å². The predicted octanol–water partition coefficient (Wildman–Crippen LogP) is 3.96. The van der Waals surface area contributed by atoms with E-state index in [-0.39, 0.29) is 24.2 Å². The Morgan fingerprint density at radius 2 is 1.94 bits per heavy atom. The van der Waals surface area contributed by atoms with Gasteiger partial charge in [0.05, 0.1) is 29.7 Å². The van der Waals surface area contributed by atoms with Crippen LogP contribution in [-0.2, 0) is 21.4 Å². The summed E-state index contributed by atoms with van der Waals surface area (Å²) >= 11 is 0. The molecule has 8 nitrogen and oxygen atoms in total. The maximum absolute atomic E-state index is 14.3. The van der Waals surface area contributed by atoms with Crippen molar-refractivity contribution in [3.63, 3.8) is 0 Å². The number of anilines is 1. The summed E-state index contributed by atoms with van der Waals surface area (Å²) in [5.41, 5.74) is 3.26. The molecule has 36 heavy (non-hydrogen) atoms. The maximum atomic E-state index is 14.3. The van der Waals surface area contributed by atoms with Crippen molar-refractivity contribution in [2.75, 3.05) is 18.5 Å². The van der Waals surface area contributed by atoms with E-state index in [4.69, 9.17) is 5.26 Å². The van der Waals surface area contributed by atoms with Crippen LogP contribution in [0.15, 0.2) is 54.7 Å². The number of nitriles is 1. The summed E-state index contributed by atoms with van der Waals surface area (Å²) in [7, 11) is 1.79. The summed E-state index contributed by atoms with van der Waals surface area (Å²) in [6, 6.07) is 17.5. The normalized spacial score (nSPS) is 21.0. The largest absolute Gasteiger partial charge is 0.337 e. The summed E-state index contributed by atoms with van der Waals surface area (Å²) in [5, 5.41) is 17.4. The number of unbranched alkanes of at least 4 members (excludes halogenated alkanes) is 1. The second kappa shape index (κ2) is 9.23. The van der Waals surface area contributed by atoms with Crippen molar-refractivity contribution in [3.8, 4) is 11.8 Å². The molecule has 2 aliphatic heterocycles. The first kappa shape index (κ1) is 23.7. The van der Waals surface area contributed by atoms with Gasteiger partial charge >= 0.3 is 0 Å². The molecule has 8 heteroatoms. The lowest BCUT2D eigenvalue weighted by molar-refractivity contribution is -0.128. The SMILES string of the molecule is CC(C)CN1C(=O)[C@]2(CC(=O)N(C)C2c2ccccc2)c2cc(-n3cc(CCCC#N)nn3)ccc21. The number of aryl methyl sites for hydroxylation is 1. The van der Waals surface area contributed by atoms with Gasteiger partial charge in [0.25, 0.3) is 0 Å². The van der Waals surface area contributed by atoms with Gasteiger partial charge in [-0.15, -0.1) is 5.10 Å². The van der Waals surface area contributed by atoms with Gasteiger partial charge in [-0.1, -0.05) is 49.4 Å². The minimum Gasteiger partial charge on any atom is -0.337 e. The number of fused-ring (bicyclic) bond motifs is 2. The average Bonchev–Trinajstić information content (AvgIpc) is 3.51. The van der Waals surface area contributed by atoms with Gasteiger partial charge in [-0.05, 0) is 48.1 Å². The van der Waals surface area contributed by atoms with Crippen LogP contribution in [0.1, 0.15) is 56.0 Å². The summed E-state index contributed by atoms with van der Waals surface area (Å²) in [6.45, 7) is 4.77. The number of likely N-dealkylation sites (tertiary alicyclic amines) is 1. The van der Waals surface area contributed by atoms with Crippen LogP contribution in [0.25, 0.3) is 5.69 Å². The van der Waals surface area contributed by atoms with Crippen molar-refractivity contribution in [1.29, 1.82) is 5.26 Å².